The molecule has 0 atom stereocenters. The number of ether oxygens (including phenoxy) is 1. The van der Waals surface area contributed by atoms with Gasteiger partial charge in [0.2, 0.25) is 0 Å². The smallest absolute Gasteiger partial charge is 0.410 e. The van der Waals surface area contributed by atoms with Crippen molar-refractivity contribution < 1.29 is 22.7 Å². The summed E-state index contributed by atoms with van der Waals surface area (Å²) in [4.78, 5) is 13.4. The topological polar surface area (TPSA) is 29.5 Å². The first-order valence-electron chi connectivity index (χ1n) is 7.71. The number of alkyl halides is 2. The van der Waals surface area contributed by atoms with Crippen LogP contribution in [-0.4, -0.2) is 29.7 Å². The lowest BCUT2D eigenvalue weighted by Gasteiger charge is -2.36. The molecule has 0 saturated carbocycles. The minimum atomic E-state index is -3.03. The van der Waals surface area contributed by atoms with Gasteiger partial charge in [-0.3, -0.25) is 0 Å². The van der Waals surface area contributed by atoms with Crippen molar-refractivity contribution in [3.8, 4) is 0 Å². The predicted octanol–water partition coefficient (Wildman–Crippen LogP) is 4.56. The van der Waals surface area contributed by atoms with Crippen LogP contribution in [0.2, 0.25) is 0 Å². The molecule has 1 amide bonds. The Kier molecular flexibility index (Phi) is 4.92. The summed E-state index contributed by atoms with van der Waals surface area (Å²) in [5.74, 6) is -4.44. The van der Waals surface area contributed by atoms with E-state index in [9.17, 15) is 18.0 Å². The van der Waals surface area contributed by atoms with Gasteiger partial charge in [-0.2, -0.15) is 0 Å². The number of amides is 1. The van der Waals surface area contributed by atoms with Gasteiger partial charge in [0, 0.05) is 24.6 Å². The Balaban J connectivity index is 1.98. The lowest BCUT2D eigenvalue weighted by Crippen LogP contribution is -2.44. The zero-order valence-electron chi connectivity index (χ0n) is 13.6. The number of likely N-dealkylation sites (tertiary alicyclic amines) is 1. The molecule has 0 aliphatic carbocycles. The molecule has 1 saturated heterocycles. The molecule has 1 aromatic carbocycles. The minimum Gasteiger partial charge on any atom is -0.444 e. The van der Waals surface area contributed by atoms with E-state index in [1.807, 2.05) is 0 Å². The maximum atomic E-state index is 14.5. The number of hydrogen-bond acceptors (Lipinski definition) is 2. The van der Waals surface area contributed by atoms with Crippen LogP contribution < -0.4 is 0 Å². The summed E-state index contributed by atoms with van der Waals surface area (Å²) in [6.45, 7) is 5.76. The number of carbonyl (C=O) groups excluding carboxylic acids is 1. The van der Waals surface area contributed by atoms with Crippen molar-refractivity contribution in [2.24, 2.45) is 5.92 Å². The quantitative estimate of drug-likeness (QED) is 0.796. The molecular formula is C17H22F3NO2. The molecular weight excluding hydrogens is 307 g/mol. The summed E-state index contributed by atoms with van der Waals surface area (Å²) in [5, 5.41) is 0. The molecule has 2 rings (SSSR count). The average Bonchev–Trinajstić information content (AvgIpc) is 2.46. The highest BCUT2D eigenvalue weighted by Crippen LogP contribution is 2.41. The Morgan fingerprint density at radius 1 is 1.13 bits per heavy atom. The first kappa shape index (κ1) is 17.6. The van der Waals surface area contributed by atoms with E-state index in [2.05, 4.69) is 0 Å². The summed E-state index contributed by atoms with van der Waals surface area (Å²) in [6.07, 6.45) is -0.103. The Morgan fingerprint density at radius 2 is 1.65 bits per heavy atom. The normalized spacial score (nSPS) is 17.2. The van der Waals surface area contributed by atoms with Crippen LogP contribution in [-0.2, 0) is 10.7 Å². The third kappa shape index (κ3) is 4.39. The average molecular weight is 329 g/mol. The molecule has 23 heavy (non-hydrogen) atoms. The lowest BCUT2D eigenvalue weighted by atomic mass is 9.86. The molecule has 6 heteroatoms. The van der Waals surface area contributed by atoms with Gasteiger partial charge in [-0.05, 0) is 45.7 Å². The fourth-order valence-corrected chi connectivity index (χ4v) is 2.66. The van der Waals surface area contributed by atoms with Crippen molar-refractivity contribution in [3.63, 3.8) is 0 Å². The highest BCUT2D eigenvalue weighted by Gasteiger charge is 2.43. The monoisotopic (exact) mass is 329 g/mol. The predicted molar refractivity (Wildman–Crippen MR) is 80.8 cm³/mol. The largest absolute Gasteiger partial charge is 0.444 e. The molecule has 1 aromatic rings. The van der Waals surface area contributed by atoms with E-state index in [1.165, 1.54) is 4.90 Å². The van der Waals surface area contributed by atoms with Gasteiger partial charge >= 0.3 is 6.09 Å². The van der Waals surface area contributed by atoms with Gasteiger partial charge in [-0.1, -0.05) is 12.1 Å². The van der Waals surface area contributed by atoms with Crippen LogP contribution in [0.5, 0.6) is 0 Å². The van der Waals surface area contributed by atoms with Crippen LogP contribution >= 0.6 is 0 Å². The maximum Gasteiger partial charge on any atom is 0.410 e. The van der Waals surface area contributed by atoms with E-state index in [1.54, 1.807) is 20.8 Å². The molecule has 1 aliphatic heterocycles. The molecule has 0 aromatic heterocycles. The number of benzene rings is 1. The summed E-state index contributed by atoms with van der Waals surface area (Å²) in [5.41, 5.74) is -0.791. The summed E-state index contributed by atoms with van der Waals surface area (Å²) >= 11 is 0. The van der Waals surface area contributed by atoms with Crippen molar-refractivity contribution in [2.75, 3.05) is 13.1 Å². The van der Waals surface area contributed by atoms with Crippen molar-refractivity contribution in [1.29, 1.82) is 0 Å². The number of rotatable bonds is 2. The van der Waals surface area contributed by atoms with Crippen LogP contribution in [0.25, 0.3) is 0 Å². The minimum absolute atomic E-state index is 0.184. The molecule has 3 nitrogen and oxygen atoms in total. The number of nitrogens with zero attached hydrogens (tertiary/aromatic N) is 1. The summed E-state index contributed by atoms with van der Waals surface area (Å²) in [6, 6.07) is 4.32. The fraction of sp³-hybridized carbons (Fsp3) is 0.588. The molecule has 0 unspecified atom stereocenters. The van der Waals surface area contributed by atoms with E-state index in [-0.39, 0.29) is 31.5 Å². The number of hydrogen-bond donors (Lipinski definition) is 0. The van der Waals surface area contributed by atoms with Gasteiger partial charge in [0.1, 0.15) is 11.4 Å². The van der Waals surface area contributed by atoms with Crippen LogP contribution in [0.1, 0.15) is 39.2 Å². The van der Waals surface area contributed by atoms with Crippen molar-refractivity contribution in [1.82, 2.24) is 4.90 Å². The third-order valence-electron chi connectivity index (χ3n) is 3.89. The van der Waals surface area contributed by atoms with E-state index >= 15 is 0 Å². The zero-order chi connectivity index (χ0) is 17.3. The Labute approximate surface area is 134 Å². The molecule has 1 fully saturated rings. The first-order valence-corrected chi connectivity index (χ1v) is 7.71. The van der Waals surface area contributed by atoms with Gasteiger partial charge in [-0.15, -0.1) is 0 Å². The third-order valence-corrected chi connectivity index (χ3v) is 3.89. The Bertz CT molecular complexity index is 544. The van der Waals surface area contributed by atoms with E-state index in [4.69, 9.17) is 4.74 Å². The van der Waals surface area contributed by atoms with Crippen LogP contribution in [0.4, 0.5) is 18.0 Å². The highest BCUT2D eigenvalue weighted by molar-refractivity contribution is 5.68. The molecule has 0 radical (unpaired) electrons. The van der Waals surface area contributed by atoms with Gasteiger partial charge in [0.05, 0.1) is 0 Å². The highest BCUT2D eigenvalue weighted by atomic mass is 19.3. The van der Waals surface area contributed by atoms with Gasteiger partial charge in [0.15, 0.2) is 0 Å². The van der Waals surface area contributed by atoms with Gasteiger partial charge in [0.25, 0.3) is 5.92 Å². The van der Waals surface area contributed by atoms with Crippen molar-refractivity contribution in [3.05, 3.63) is 35.6 Å². The standard InChI is InChI=1S/C17H22F3NO2/c1-16(2,3)23-15(22)21-10-8-13(9-11-21)17(19,20)12-4-6-14(18)7-5-12/h4-7,13H,8-11H2,1-3H3. The summed E-state index contributed by atoms with van der Waals surface area (Å²) < 4.78 is 47.2. The second kappa shape index (κ2) is 6.42. The van der Waals surface area contributed by atoms with Crippen LogP contribution in [0.3, 0.4) is 0 Å². The van der Waals surface area contributed by atoms with E-state index in [0.717, 1.165) is 24.3 Å². The second-order valence-electron chi connectivity index (χ2n) is 6.87. The van der Waals surface area contributed by atoms with E-state index < -0.39 is 29.4 Å². The van der Waals surface area contributed by atoms with Crippen LogP contribution in [0.15, 0.2) is 24.3 Å². The molecule has 128 valence electrons. The zero-order valence-corrected chi connectivity index (χ0v) is 13.6. The van der Waals surface area contributed by atoms with Crippen molar-refractivity contribution >= 4 is 6.09 Å². The maximum absolute atomic E-state index is 14.5. The van der Waals surface area contributed by atoms with Crippen LogP contribution in [0, 0.1) is 11.7 Å². The number of halogens is 3. The Morgan fingerprint density at radius 3 is 2.13 bits per heavy atom. The fourth-order valence-electron chi connectivity index (χ4n) is 2.66. The molecule has 1 heterocycles. The van der Waals surface area contributed by atoms with Gasteiger partial charge in [-0.25, -0.2) is 18.0 Å². The lowest BCUT2D eigenvalue weighted by molar-refractivity contribution is -0.0861. The number of piperidine rings is 1. The Hall–Kier alpha value is -1.72. The van der Waals surface area contributed by atoms with Crippen molar-refractivity contribution in [2.45, 2.75) is 45.1 Å². The summed E-state index contributed by atoms with van der Waals surface area (Å²) in [7, 11) is 0. The van der Waals surface area contributed by atoms with Gasteiger partial charge < -0.3 is 9.64 Å². The SMILES string of the molecule is CC(C)(C)OC(=O)N1CCC(C(F)(F)c2ccc(F)cc2)CC1. The van der Waals surface area contributed by atoms with E-state index in [0.29, 0.717) is 0 Å². The number of carbonyl (C=O) groups is 1. The molecule has 0 spiro atoms. The first-order chi connectivity index (χ1) is 10.6. The molecule has 0 N–H and O–H groups in total. The molecule has 0 bridgehead atoms. The second-order valence-corrected chi connectivity index (χ2v) is 6.87. The molecule has 1 aliphatic rings.